The summed E-state index contributed by atoms with van der Waals surface area (Å²) in [6, 6.07) is 0.403. The molecule has 0 spiro atoms. The summed E-state index contributed by atoms with van der Waals surface area (Å²) in [6.07, 6.45) is 17.9. The number of carbonyl (C=O) groups excluding carboxylic acids is 1. The van der Waals surface area contributed by atoms with E-state index in [-0.39, 0.29) is 17.6 Å². The van der Waals surface area contributed by atoms with Crippen LogP contribution in [-0.2, 0) is 4.74 Å². The fraction of sp³-hybridized carbons (Fsp3) is 0.932. The molecule has 290 valence electrons. The summed E-state index contributed by atoms with van der Waals surface area (Å²) in [5.74, 6) is 6.67. The molecule has 50 heavy (non-hydrogen) atoms. The van der Waals surface area contributed by atoms with Gasteiger partial charge in [-0.3, -0.25) is 0 Å². The van der Waals surface area contributed by atoms with Crippen molar-refractivity contribution < 1.29 is 9.53 Å². The Hall–Kier alpha value is -1.11. The summed E-state index contributed by atoms with van der Waals surface area (Å²) in [5.41, 5.74) is 2.39. The molecule has 0 bridgehead atoms. The normalized spacial score (nSPS) is 32.0. The Morgan fingerprint density at radius 3 is 2.26 bits per heavy atom. The molecular formula is C44H82N4O2. The van der Waals surface area contributed by atoms with Crippen molar-refractivity contribution in [1.82, 2.24) is 20.9 Å². The summed E-state index contributed by atoms with van der Waals surface area (Å²) in [7, 11) is 0. The summed E-state index contributed by atoms with van der Waals surface area (Å²) in [6.45, 7) is 29.9. The summed E-state index contributed by atoms with van der Waals surface area (Å²) in [4.78, 5) is 15.5. The number of carbonyl (C=O) groups is 1. The fourth-order valence-electron chi connectivity index (χ4n) is 11.4. The molecule has 0 aromatic heterocycles. The standard InChI is InChI=1S/C44H82N4O2/c1-11-35(32(4)5)13-12-34(8)39-16-17-40-38-15-14-36-30-37(18-21-43(36,9)41(38)19-22-44(39,40)10)50-42(49)48(29-27-47-33(6)7)28-26-46-25-24-45-23-20-31(2)3/h14,31-35,37-41,45-47H,11-13,15-30H2,1-10H3/t34-,35-,37+,38+,39-,40+,41+,43+,44-/m1/s1. The molecule has 4 aliphatic carbocycles. The zero-order valence-corrected chi connectivity index (χ0v) is 34.5. The van der Waals surface area contributed by atoms with E-state index in [4.69, 9.17) is 4.74 Å². The van der Waals surface area contributed by atoms with Crippen LogP contribution in [-0.4, -0.2) is 69.0 Å². The lowest BCUT2D eigenvalue weighted by Gasteiger charge is -2.58. The third kappa shape index (κ3) is 10.5. The number of rotatable bonds is 20. The minimum absolute atomic E-state index is 0.000372. The molecule has 6 nitrogen and oxygen atoms in total. The van der Waals surface area contributed by atoms with Gasteiger partial charge in [-0.1, -0.05) is 93.7 Å². The van der Waals surface area contributed by atoms with Gasteiger partial charge in [0.15, 0.2) is 0 Å². The van der Waals surface area contributed by atoms with Crippen molar-refractivity contribution in [2.45, 2.75) is 158 Å². The van der Waals surface area contributed by atoms with Crippen LogP contribution in [0.1, 0.15) is 146 Å². The highest BCUT2D eigenvalue weighted by Crippen LogP contribution is 2.67. The van der Waals surface area contributed by atoms with Gasteiger partial charge in [-0.25, -0.2) is 4.79 Å². The highest BCUT2D eigenvalue weighted by atomic mass is 16.6. The maximum Gasteiger partial charge on any atom is 0.410 e. The molecule has 9 atom stereocenters. The van der Waals surface area contributed by atoms with E-state index in [9.17, 15) is 4.79 Å². The molecule has 4 rings (SSSR count). The van der Waals surface area contributed by atoms with Gasteiger partial charge in [0.05, 0.1) is 0 Å². The van der Waals surface area contributed by atoms with Crippen LogP contribution in [0.5, 0.6) is 0 Å². The lowest BCUT2D eigenvalue weighted by atomic mass is 9.47. The van der Waals surface area contributed by atoms with Crippen molar-refractivity contribution in [1.29, 1.82) is 0 Å². The number of hydrogen-bond donors (Lipinski definition) is 3. The van der Waals surface area contributed by atoms with Crippen LogP contribution in [0.15, 0.2) is 11.6 Å². The fourth-order valence-corrected chi connectivity index (χ4v) is 11.4. The monoisotopic (exact) mass is 699 g/mol. The van der Waals surface area contributed by atoms with Gasteiger partial charge >= 0.3 is 6.09 Å². The average molecular weight is 699 g/mol. The number of nitrogens with zero attached hydrogens (tertiary/aromatic N) is 1. The van der Waals surface area contributed by atoms with Gasteiger partial charge in [0.2, 0.25) is 0 Å². The quantitative estimate of drug-likeness (QED) is 0.0873. The largest absolute Gasteiger partial charge is 0.446 e. The van der Waals surface area contributed by atoms with Crippen molar-refractivity contribution in [3.05, 3.63) is 11.6 Å². The van der Waals surface area contributed by atoms with Crippen LogP contribution < -0.4 is 16.0 Å². The van der Waals surface area contributed by atoms with E-state index in [1.165, 1.54) is 57.8 Å². The van der Waals surface area contributed by atoms with Crippen LogP contribution in [0, 0.1) is 58.2 Å². The van der Waals surface area contributed by atoms with E-state index >= 15 is 0 Å². The van der Waals surface area contributed by atoms with Crippen LogP contribution in [0.25, 0.3) is 0 Å². The molecule has 0 unspecified atom stereocenters. The number of fused-ring (bicyclic) bond motifs is 5. The molecule has 4 aliphatic rings. The molecule has 0 aromatic rings. The number of allylic oxidation sites excluding steroid dienone is 1. The van der Waals surface area contributed by atoms with Crippen LogP contribution in [0.2, 0.25) is 0 Å². The molecule has 3 N–H and O–H groups in total. The maximum atomic E-state index is 13.6. The van der Waals surface area contributed by atoms with Gasteiger partial charge < -0.3 is 25.6 Å². The Bertz CT molecular complexity index is 1060. The second kappa shape index (κ2) is 19.3. The molecule has 3 fully saturated rings. The van der Waals surface area contributed by atoms with E-state index in [0.717, 1.165) is 99.3 Å². The summed E-state index contributed by atoms with van der Waals surface area (Å²) < 4.78 is 6.34. The SMILES string of the molecule is CC[C@H](CC[C@@H](C)[C@H]1CC[C@H]2[C@@H]3CC=C4C[C@@H](OC(=O)N(CCNCCNCCC(C)C)CCNC(C)C)CC[C@]4(C)[C@H]3CC[C@]12C)C(C)C. The first-order valence-corrected chi connectivity index (χ1v) is 21.6. The molecule has 0 radical (unpaired) electrons. The van der Waals surface area contributed by atoms with E-state index in [1.807, 2.05) is 4.90 Å². The second-order valence-corrected chi connectivity index (χ2v) is 19.0. The molecule has 3 saturated carbocycles. The van der Waals surface area contributed by atoms with Crippen LogP contribution in [0.4, 0.5) is 4.79 Å². The number of nitrogens with one attached hydrogen (secondary N) is 3. The number of hydrogen-bond acceptors (Lipinski definition) is 5. The van der Waals surface area contributed by atoms with E-state index in [1.54, 1.807) is 5.57 Å². The van der Waals surface area contributed by atoms with Gasteiger partial charge in [-0.15, -0.1) is 0 Å². The molecule has 1 amide bonds. The van der Waals surface area contributed by atoms with Crippen molar-refractivity contribution in [2.24, 2.45) is 58.2 Å². The highest BCUT2D eigenvalue weighted by molar-refractivity contribution is 5.68. The molecule has 0 aromatic carbocycles. The molecule has 0 aliphatic heterocycles. The van der Waals surface area contributed by atoms with Crippen molar-refractivity contribution >= 4 is 6.09 Å². The molecule has 0 saturated heterocycles. The smallest absolute Gasteiger partial charge is 0.410 e. The lowest BCUT2D eigenvalue weighted by molar-refractivity contribution is -0.0595. The molecule has 0 heterocycles. The van der Waals surface area contributed by atoms with Gasteiger partial charge in [0.1, 0.15) is 6.10 Å². The van der Waals surface area contributed by atoms with E-state index < -0.39 is 0 Å². The first-order chi connectivity index (χ1) is 23.8. The predicted molar refractivity (Wildman–Crippen MR) is 212 cm³/mol. The minimum Gasteiger partial charge on any atom is -0.446 e. The Morgan fingerprint density at radius 2 is 1.58 bits per heavy atom. The van der Waals surface area contributed by atoms with Gasteiger partial charge in [0, 0.05) is 51.7 Å². The first kappa shape index (κ1) is 41.6. The maximum absolute atomic E-state index is 13.6. The lowest BCUT2D eigenvalue weighted by Crippen LogP contribution is -2.51. The Labute approximate surface area is 309 Å². The average Bonchev–Trinajstić information content (AvgIpc) is 3.42. The summed E-state index contributed by atoms with van der Waals surface area (Å²) in [5, 5.41) is 10.5. The second-order valence-electron chi connectivity index (χ2n) is 19.0. The van der Waals surface area contributed by atoms with Crippen molar-refractivity contribution in [3.8, 4) is 0 Å². The van der Waals surface area contributed by atoms with Crippen molar-refractivity contribution in [3.63, 3.8) is 0 Å². The van der Waals surface area contributed by atoms with Gasteiger partial charge in [0.25, 0.3) is 0 Å². The molecule has 6 heteroatoms. The first-order valence-electron chi connectivity index (χ1n) is 21.6. The van der Waals surface area contributed by atoms with Crippen LogP contribution in [0.3, 0.4) is 0 Å². The van der Waals surface area contributed by atoms with Gasteiger partial charge in [-0.05, 0) is 123 Å². The zero-order valence-electron chi connectivity index (χ0n) is 34.5. The Morgan fingerprint density at radius 1 is 0.860 bits per heavy atom. The van der Waals surface area contributed by atoms with E-state index in [0.29, 0.717) is 24.5 Å². The summed E-state index contributed by atoms with van der Waals surface area (Å²) >= 11 is 0. The van der Waals surface area contributed by atoms with Gasteiger partial charge in [-0.2, -0.15) is 0 Å². The van der Waals surface area contributed by atoms with Crippen LogP contribution >= 0.6 is 0 Å². The molecular weight excluding hydrogens is 617 g/mol. The third-order valence-electron chi connectivity index (χ3n) is 14.7. The Kier molecular flexibility index (Phi) is 16.1. The van der Waals surface area contributed by atoms with E-state index in [2.05, 4.69) is 91.3 Å². The number of ether oxygens (including phenoxy) is 1. The van der Waals surface area contributed by atoms with Crippen molar-refractivity contribution in [2.75, 3.05) is 45.8 Å². The topological polar surface area (TPSA) is 65.6 Å². The Balaban J connectivity index is 1.31. The number of amides is 1. The minimum atomic E-state index is -0.131. The third-order valence-corrected chi connectivity index (χ3v) is 14.7. The zero-order chi connectivity index (χ0) is 36.5. The predicted octanol–water partition coefficient (Wildman–Crippen LogP) is 9.69. The highest BCUT2D eigenvalue weighted by Gasteiger charge is 2.59.